The predicted molar refractivity (Wildman–Crippen MR) is 311 cm³/mol. The van der Waals surface area contributed by atoms with Gasteiger partial charge in [-0.2, -0.15) is 13.2 Å². The molecule has 12 aromatic rings. The Morgan fingerprint density at radius 1 is 0.342 bits per heavy atom. The van der Waals surface area contributed by atoms with Crippen molar-refractivity contribution < 1.29 is 13.2 Å². The van der Waals surface area contributed by atoms with E-state index in [2.05, 4.69) is 215 Å². The van der Waals surface area contributed by atoms with Crippen LogP contribution in [0.1, 0.15) is 50.1 Å². The van der Waals surface area contributed by atoms with Gasteiger partial charge in [0.2, 0.25) is 0 Å². The molecule has 0 aliphatic heterocycles. The molecular formula is C70H54F3N3. The van der Waals surface area contributed by atoms with Crippen molar-refractivity contribution >= 4 is 49.3 Å². The van der Waals surface area contributed by atoms with Crippen molar-refractivity contribution in [1.29, 1.82) is 0 Å². The van der Waals surface area contributed by atoms with Crippen LogP contribution in [0.5, 0.6) is 0 Å². The Labute approximate surface area is 441 Å². The van der Waals surface area contributed by atoms with Gasteiger partial charge in [0.05, 0.1) is 45.6 Å². The summed E-state index contributed by atoms with van der Waals surface area (Å²) in [6.07, 6.45) is -4.79. The molecule has 6 heteroatoms. The third-order valence-electron chi connectivity index (χ3n) is 15.5. The van der Waals surface area contributed by atoms with Crippen molar-refractivity contribution in [2.45, 2.75) is 61.6 Å². The van der Waals surface area contributed by atoms with Crippen LogP contribution in [0, 0.1) is 62.0 Å². The summed E-state index contributed by atoms with van der Waals surface area (Å²) >= 11 is 0. The molecule has 0 aliphatic rings. The van der Waals surface area contributed by atoms with Gasteiger partial charge in [0.15, 0.2) is 5.69 Å². The lowest BCUT2D eigenvalue weighted by atomic mass is 9.96. The molecule has 12 rings (SSSR count). The normalized spacial score (nSPS) is 11.9. The molecule has 0 aliphatic carbocycles. The van der Waals surface area contributed by atoms with Crippen LogP contribution in [0.2, 0.25) is 0 Å². The summed E-state index contributed by atoms with van der Waals surface area (Å²) in [6, 6.07) is 61.2. The number of fused-ring (bicyclic) bond motifs is 6. The zero-order chi connectivity index (χ0) is 52.9. The van der Waals surface area contributed by atoms with E-state index in [-0.39, 0.29) is 11.3 Å². The van der Waals surface area contributed by atoms with Gasteiger partial charge < -0.3 is 9.13 Å². The molecule has 0 radical (unpaired) electrons. The number of aryl methyl sites for hydroxylation is 8. The Hall–Kier alpha value is -8.92. The number of halogens is 3. The van der Waals surface area contributed by atoms with E-state index in [9.17, 15) is 0 Å². The minimum absolute atomic E-state index is 0.0180. The van der Waals surface area contributed by atoms with Gasteiger partial charge in [0.25, 0.3) is 0 Å². The quantitative estimate of drug-likeness (QED) is 0.141. The van der Waals surface area contributed by atoms with Gasteiger partial charge in [-0.25, -0.2) is 4.85 Å². The summed E-state index contributed by atoms with van der Waals surface area (Å²) in [4.78, 5) is 3.68. The first kappa shape index (κ1) is 48.0. The van der Waals surface area contributed by atoms with E-state index in [1.54, 1.807) is 30.3 Å². The highest BCUT2D eigenvalue weighted by atomic mass is 19.4. The molecule has 0 fully saturated rings. The highest BCUT2D eigenvalue weighted by molar-refractivity contribution is 6.14. The Kier molecular flexibility index (Phi) is 11.5. The van der Waals surface area contributed by atoms with E-state index in [0.717, 1.165) is 133 Å². The molecule has 0 unspecified atom stereocenters. The molecule has 0 saturated carbocycles. The largest absolute Gasteiger partial charge is 0.417 e. The Morgan fingerprint density at radius 2 is 0.671 bits per heavy atom. The van der Waals surface area contributed by atoms with Gasteiger partial charge in [-0.3, -0.25) is 0 Å². The number of hydrogen-bond acceptors (Lipinski definition) is 0. The number of alkyl halides is 3. The maximum atomic E-state index is 16.4. The van der Waals surface area contributed by atoms with Crippen molar-refractivity contribution in [2.24, 2.45) is 0 Å². The van der Waals surface area contributed by atoms with Gasteiger partial charge in [0, 0.05) is 21.5 Å². The molecule has 2 aromatic heterocycles. The molecule has 0 N–H and O–H groups in total. The zero-order valence-corrected chi connectivity index (χ0v) is 43.8. The standard InChI is InChI=1S/C70H54F3N3/c1-40-13-21-54(44(5)29-40)49-17-25-58-59-26-18-50(55-22-14-41(2)30-45(55)6)35-65(59)75(64(58)34-49)68-38-62(48-11-10-12-53(33-48)74-9)63(70(71,72)73)39-69(68)76-66-36-51(56-23-15-42(3)31-46(56)7)19-27-60(66)61-28-20-52(37-67(61)76)57-24-16-43(4)32-47(57)8/h10-39H,1-8H3. The van der Waals surface area contributed by atoms with E-state index in [1.807, 2.05) is 0 Å². The first-order valence-corrected chi connectivity index (χ1v) is 25.7. The fourth-order valence-corrected chi connectivity index (χ4v) is 11.9. The van der Waals surface area contributed by atoms with Gasteiger partial charge in [-0.1, -0.05) is 162 Å². The summed E-state index contributed by atoms with van der Waals surface area (Å²) < 4.78 is 53.5. The van der Waals surface area contributed by atoms with Gasteiger partial charge in [0.1, 0.15) is 0 Å². The number of benzene rings is 10. The van der Waals surface area contributed by atoms with Crippen molar-refractivity contribution in [3.05, 3.63) is 243 Å². The maximum Gasteiger partial charge on any atom is 0.417 e. The summed E-state index contributed by atoms with van der Waals surface area (Å²) in [7, 11) is 0. The predicted octanol–water partition coefficient (Wildman–Crippen LogP) is 20.3. The van der Waals surface area contributed by atoms with Crippen LogP contribution in [0.25, 0.3) is 115 Å². The lowest BCUT2D eigenvalue weighted by Gasteiger charge is -2.23. The minimum Gasteiger partial charge on any atom is -0.307 e. The Morgan fingerprint density at radius 3 is 0.987 bits per heavy atom. The molecule has 3 nitrogen and oxygen atoms in total. The van der Waals surface area contributed by atoms with Crippen LogP contribution in [-0.4, -0.2) is 9.13 Å². The van der Waals surface area contributed by atoms with Gasteiger partial charge >= 0.3 is 6.18 Å². The molecule has 10 aromatic carbocycles. The van der Waals surface area contributed by atoms with E-state index in [1.165, 1.54) is 6.07 Å². The lowest BCUT2D eigenvalue weighted by molar-refractivity contribution is -0.137. The lowest BCUT2D eigenvalue weighted by Crippen LogP contribution is -2.12. The SMILES string of the molecule is [C-]#[N+]c1cccc(-c2cc(-n3c4cc(-c5ccc(C)cc5C)ccc4c4ccc(-c5ccc(C)cc5C)cc43)c(-n3c4cc(-c5ccc(C)cc5C)ccc4c4ccc(-c5ccc(C)cc5C)cc43)cc2C(F)(F)F)c1. The first-order chi connectivity index (χ1) is 36.5. The second-order valence-corrected chi connectivity index (χ2v) is 20.9. The molecule has 0 spiro atoms. The second-order valence-electron chi connectivity index (χ2n) is 20.9. The van der Waals surface area contributed by atoms with Crippen LogP contribution < -0.4 is 0 Å². The van der Waals surface area contributed by atoms with E-state index in [0.29, 0.717) is 16.9 Å². The monoisotopic (exact) mass is 993 g/mol. The van der Waals surface area contributed by atoms with Crippen LogP contribution in [-0.2, 0) is 6.18 Å². The van der Waals surface area contributed by atoms with E-state index >= 15 is 13.2 Å². The molecule has 2 heterocycles. The second kappa shape index (κ2) is 18.2. The highest BCUT2D eigenvalue weighted by Crippen LogP contribution is 2.47. The smallest absolute Gasteiger partial charge is 0.307 e. The van der Waals surface area contributed by atoms with Crippen molar-refractivity contribution in [1.82, 2.24) is 9.13 Å². The summed E-state index contributed by atoms with van der Waals surface area (Å²) in [5.74, 6) is 0. The van der Waals surface area contributed by atoms with Crippen LogP contribution >= 0.6 is 0 Å². The zero-order valence-electron chi connectivity index (χ0n) is 43.8. The molecule has 76 heavy (non-hydrogen) atoms. The van der Waals surface area contributed by atoms with E-state index < -0.39 is 11.7 Å². The number of rotatable bonds is 7. The number of aromatic nitrogens is 2. The topological polar surface area (TPSA) is 14.2 Å². The Balaban J connectivity index is 1.29. The van der Waals surface area contributed by atoms with Gasteiger partial charge in [-0.15, -0.1) is 0 Å². The number of hydrogen-bond donors (Lipinski definition) is 0. The van der Waals surface area contributed by atoms with Crippen LogP contribution in [0.15, 0.2) is 182 Å². The minimum atomic E-state index is -4.79. The third kappa shape index (κ3) is 8.15. The first-order valence-electron chi connectivity index (χ1n) is 25.7. The molecule has 370 valence electrons. The third-order valence-corrected chi connectivity index (χ3v) is 15.5. The number of nitrogens with zero attached hydrogens (tertiary/aromatic N) is 3. The highest BCUT2D eigenvalue weighted by Gasteiger charge is 2.36. The molecular weight excluding hydrogens is 940 g/mol. The maximum absolute atomic E-state index is 16.4. The van der Waals surface area contributed by atoms with Crippen molar-refractivity contribution in [3.63, 3.8) is 0 Å². The fourth-order valence-electron chi connectivity index (χ4n) is 11.9. The van der Waals surface area contributed by atoms with Gasteiger partial charge in [-0.05, 0) is 176 Å². The van der Waals surface area contributed by atoms with E-state index in [4.69, 9.17) is 6.57 Å². The summed E-state index contributed by atoms with van der Waals surface area (Å²) in [5, 5.41) is 3.77. The molecule has 0 atom stereocenters. The van der Waals surface area contributed by atoms with Crippen LogP contribution in [0.4, 0.5) is 18.9 Å². The van der Waals surface area contributed by atoms with Crippen LogP contribution in [0.3, 0.4) is 0 Å². The fraction of sp³-hybridized carbons (Fsp3) is 0.129. The molecule has 0 amide bonds. The molecule has 0 bridgehead atoms. The Bertz CT molecular complexity index is 4220. The molecule has 0 saturated heterocycles. The average molecular weight is 994 g/mol. The summed E-state index contributed by atoms with van der Waals surface area (Å²) in [6.45, 7) is 24.7. The summed E-state index contributed by atoms with van der Waals surface area (Å²) in [5.41, 5.74) is 21.1. The average Bonchev–Trinajstić information content (AvgIpc) is 4.06. The van der Waals surface area contributed by atoms with Crippen molar-refractivity contribution in [3.8, 4) is 67.0 Å². The van der Waals surface area contributed by atoms with Crippen molar-refractivity contribution in [2.75, 3.05) is 0 Å².